The Bertz CT molecular complexity index is 410. The molecule has 0 aliphatic carbocycles. The van der Waals surface area contributed by atoms with Crippen LogP contribution in [0.5, 0.6) is 11.5 Å². The first-order chi connectivity index (χ1) is 7.74. The number of phenolic OH excluding ortho intramolecular Hbond substituents is 2. The van der Waals surface area contributed by atoms with E-state index in [0.29, 0.717) is 11.5 Å². The van der Waals surface area contributed by atoms with E-state index in [4.69, 9.17) is 10.2 Å². The molecule has 0 fully saturated rings. The summed E-state index contributed by atoms with van der Waals surface area (Å²) in [5.41, 5.74) is 1.01. The third kappa shape index (κ3) is 4.05. The number of aryl methyl sites for hydroxylation is 1. The van der Waals surface area contributed by atoms with Crippen LogP contribution in [0.1, 0.15) is 12.5 Å². The summed E-state index contributed by atoms with van der Waals surface area (Å²) < 4.78 is 0. The maximum Gasteiger partial charge on any atom is 0.118 e. The Balaban J connectivity index is 0.000000165. The van der Waals surface area contributed by atoms with Gasteiger partial charge in [-0.05, 0) is 30.2 Å². The van der Waals surface area contributed by atoms with Crippen molar-refractivity contribution in [3.63, 3.8) is 0 Å². The molecule has 0 atom stereocenters. The summed E-state index contributed by atoms with van der Waals surface area (Å²) in [6.07, 6.45) is 0.896. The molecule has 16 heavy (non-hydrogen) atoms. The van der Waals surface area contributed by atoms with Crippen molar-refractivity contribution in [3.8, 4) is 11.5 Å². The number of aromatic hydroxyl groups is 2. The van der Waals surface area contributed by atoms with Gasteiger partial charge in [0.2, 0.25) is 0 Å². The normalized spacial score (nSPS) is 9.06. The summed E-state index contributed by atoms with van der Waals surface area (Å²) in [5, 5.41) is 17.7. The highest BCUT2D eigenvalue weighted by Crippen LogP contribution is 2.14. The Hall–Kier alpha value is -1.96. The fraction of sp³-hybridized carbons (Fsp3) is 0.143. The zero-order chi connectivity index (χ0) is 11.8. The van der Waals surface area contributed by atoms with Crippen LogP contribution in [0.2, 0.25) is 0 Å². The molecular weight excluding hydrogens is 200 g/mol. The second-order valence-electron chi connectivity index (χ2n) is 3.32. The van der Waals surface area contributed by atoms with Gasteiger partial charge in [-0.2, -0.15) is 0 Å². The molecule has 2 N–H and O–H groups in total. The lowest BCUT2D eigenvalue weighted by molar-refractivity contribution is 0.469. The molecule has 2 aromatic rings. The predicted octanol–water partition coefficient (Wildman–Crippen LogP) is 3.35. The van der Waals surface area contributed by atoms with Crippen molar-refractivity contribution in [1.29, 1.82) is 0 Å². The summed E-state index contributed by atoms with van der Waals surface area (Å²) >= 11 is 0. The Kier molecular flexibility index (Phi) is 4.93. The van der Waals surface area contributed by atoms with E-state index in [-0.39, 0.29) is 0 Å². The average molecular weight is 216 g/mol. The van der Waals surface area contributed by atoms with Gasteiger partial charge < -0.3 is 10.2 Å². The first kappa shape index (κ1) is 12.1. The molecule has 0 aliphatic rings. The molecule has 2 rings (SSSR count). The number of hydrogen-bond acceptors (Lipinski definition) is 2. The summed E-state index contributed by atoms with van der Waals surface area (Å²) in [7, 11) is 0. The fourth-order valence-corrected chi connectivity index (χ4v) is 1.24. The summed E-state index contributed by atoms with van der Waals surface area (Å²) in [4.78, 5) is 0. The Morgan fingerprint density at radius 1 is 0.812 bits per heavy atom. The SMILES string of the molecule is CCc1ccccc1O.Oc1ccccc1. The van der Waals surface area contributed by atoms with Crippen LogP contribution in [-0.4, -0.2) is 10.2 Å². The molecule has 0 amide bonds. The lowest BCUT2D eigenvalue weighted by Gasteiger charge is -1.97. The minimum absolute atomic E-state index is 0.322. The second-order valence-corrected chi connectivity index (χ2v) is 3.32. The van der Waals surface area contributed by atoms with Crippen LogP contribution in [0, 0.1) is 0 Å². The van der Waals surface area contributed by atoms with Crippen molar-refractivity contribution in [1.82, 2.24) is 0 Å². The molecule has 2 aromatic carbocycles. The van der Waals surface area contributed by atoms with E-state index in [2.05, 4.69) is 0 Å². The van der Waals surface area contributed by atoms with Gasteiger partial charge in [0.1, 0.15) is 11.5 Å². The van der Waals surface area contributed by atoms with Crippen molar-refractivity contribution in [3.05, 3.63) is 60.2 Å². The molecule has 0 aliphatic heterocycles. The third-order valence-electron chi connectivity index (χ3n) is 2.13. The lowest BCUT2D eigenvalue weighted by Crippen LogP contribution is -1.77. The Labute approximate surface area is 95.8 Å². The zero-order valence-corrected chi connectivity index (χ0v) is 9.30. The highest BCUT2D eigenvalue weighted by atomic mass is 16.3. The van der Waals surface area contributed by atoms with Crippen molar-refractivity contribution >= 4 is 0 Å². The summed E-state index contributed by atoms with van der Waals surface area (Å²) in [5.74, 6) is 0.725. The molecule has 0 radical (unpaired) electrons. The third-order valence-corrected chi connectivity index (χ3v) is 2.13. The number of rotatable bonds is 1. The average Bonchev–Trinajstić information content (AvgIpc) is 2.31. The Morgan fingerprint density at radius 3 is 1.75 bits per heavy atom. The minimum Gasteiger partial charge on any atom is -0.508 e. The van der Waals surface area contributed by atoms with Crippen molar-refractivity contribution < 1.29 is 10.2 Å². The van der Waals surface area contributed by atoms with Crippen LogP contribution in [0.3, 0.4) is 0 Å². The number of benzene rings is 2. The molecular formula is C14H16O2. The highest BCUT2D eigenvalue weighted by Gasteiger charge is 1.92. The van der Waals surface area contributed by atoms with Crippen LogP contribution in [0.25, 0.3) is 0 Å². The molecule has 0 bridgehead atoms. The lowest BCUT2D eigenvalue weighted by atomic mass is 10.1. The molecule has 0 saturated carbocycles. The van der Waals surface area contributed by atoms with E-state index in [9.17, 15) is 0 Å². The van der Waals surface area contributed by atoms with Gasteiger partial charge in [0, 0.05) is 0 Å². The van der Waals surface area contributed by atoms with Gasteiger partial charge in [-0.25, -0.2) is 0 Å². The maximum absolute atomic E-state index is 9.11. The van der Waals surface area contributed by atoms with E-state index >= 15 is 0 Å². The van der Waals surface area contributed by atoms with Gasteiger partial charge in [0.25, 0.3) is 0 Å². The second kappa shape index (κ2) is 6.51. The van der Waals surface area contributed by atoms with Crippen LogP contribution >= 0.6 is 0 Å². The van der Waals surface area contributed by atoms with Crippen LogP contribution in [0.15, 0.2) is 54.6 Å². The maximum atomic E-state index is 9.11. The molecule has 0 unspecified atom stereocenters. The van der Waals surface area contributed by atoms with Crippen molar-refractivity contribution in [2.75, 3.05) is 0 Å². The van der Waals surface area contributed by atoms with E-state index in [0.717, 1.165) is 12.0 Å². The van der Waals surface area contributed by atoms with Gasteiger partial charge in [0.05, 0.1) is 0 Å². The van der Waals surface area contributed by atoms with Crippen molar-refractivity contribution in [2.45, 2.75) is 13.3 Å². The van der Waals surface area contributed by atoms with Gasteiger partial charge in [-0.15, -0.1) is 0 Å². The quantitative estimate of drug-likeness (QED) is 0.767. The number of phenols is 2. The first-order valence-corrected chi connectivity index (χ1v) is 5.25. The van der Waals surface area contributed by atoms with Crippen molar-refractivity contribution in [2.24, 2.45) is 0 Å². The summed E-state index contributed by atoms with van der Waals surface area (Å²) in [6.45, 7) is 2.02. The van der Waals surface area contributed by atoms with Gasteiger partial charge >= 0.3 is 0 Å². The van der Waals surface area contributed by atoms with Crippen LogP contribution < -0.4 is 0 Å². The summed E-state index contributed by atoms with van der Waals surface area (Å²) in [6, 6.07) is 16.1. The molecule has 84 valence electrons. The standard InChI is InChI=1S/C8H10O.C6H6O/c1-2-7-5-3-4-6-8(7)9;7-6-4-2-1-3-5-6/h3-6,9H,2H2,1H3;1-5,7H. The largest absolute Gasteiger partial charge is 0.508 e. The van der Waals surface area contributed by atoms with Crippen LogP contribution in [-0.2, 0) is 6.42 Å². The molecule has 0 heterocycles. The van der Waals surface area contributed by atoms with Crippen LogP contribution in [0.4, 0.5) is 0 Å². The number of hydrogen-bond donors (Lipinski definition) is 2. The first-order valence-electron chi connectivity index (χ1n) is 5.25. The van der Waals surface area contributed by atoms with E-state index in [1.807, 2.05) is 31.2 Å². The number of para-hydroxylation sites is 2. The van der Waals surface area contributed by atoms with E-state index < -0.39 is 0 Å². The van der Waals surface area contributed by atoms with E-state index in [1.54, 1.807) is 30.3 Å². The highest BCUT2D eigenvalue weighted by molar-refractivity contribution is 5.31. The molecule has 0 aromatic heterocycles. The fourth-order valence-electron chi connectivity index (χ4n) is 1.24. The zero-order valence-electron chi connectivity index (χ0n) is 9.30. The van der Waals surface area contributed by atoms with E-state index in [1.165, 1.54) is 0 Å². The van der Waals surface area contributed by atoms with Gasteiger partial charge in [-0.3, -0.25) is 0 Å². The Morgan fingerprint density at radius 2 is 1.38 bits per heavy atom. The predicted molar refractivity (Wildman–Crippen MR) is 65.6 cm³/mol. The molecule has 0 saturated heterocycles. The van der Waals surface area contributed by atoms with Gasteiger partial charge in [0.15, 0.2) is 0 Å². The van der Waals surface area contributed by atoms with Gasteiger partial charge in [-0.1, -0.05) is 43.3 Å². The molecule has 2 nitrogen and oxygen atoms in total. The monoisotopic (exact) mass is 216 g/mol. The molecule has 0 spiro atoms. The minimum atomic E-state index is 0.322. The topological polar surface area (TPSA) is 40.5 Å². The smallest absolute Gasteiger partial charge is 0.118 e. The molecule has 2 heteroatoms.